The highest BCUT2D eigenvalue weighted by molar-refractivity contribution is 5.81. The molecule has 1 heterocycles. The summed E-state index contributed by atoms with van der Waals surface area (Å²) in [5, 5.41) is 5.92. The second kappa shape index (κ2) is 8.80. The molecule has 1 aromatic carbocycles. The van der Waals surface area contributed by atoms with E-state index in [4.69, 9.17) is 4.74 Å². The molecule has 0 spiro atoms. The van der Waals surface area contributed by atoms with E-state index in [9.17, 15) is 9.59 Å². The maximum absolute atomic E-state index is 12.5. The zero-order chi connectivity index (χ0) is 18.4. The van der Waals surface area contributed by atoms with Crippen LogP contribution < -0.4 is 10.6 Å². The molecule has 2 N–H and O–H groups in total. The molecule has 140 valence electrons. The van der Waals surface area contributed by atoms with Crippen molar-refractivity contribution in [1.29, 1.82) is 0 Å². The summed E-state index contributed by atoms with van der Waals surface area (Å²) in [6.07, 6.45) is 5.71. The van der Waals surface area contributed by atoms with E-state index in [1.165, 1.54) is 26.4 Å². The Hall–Kier alpha value is -2.41. The number of ether oxygens (including phenoxy) is 1. The quantitative estimate of drug-likeness (QED) is 0.790. The fourth-order valence-corrected chi connectivity index (χ4v) is 3.46. The third kappa shape index (κ3) is 4.60. The largest absolute Gasteiger partial charge is 0.375 e. The standard InChI is InChI=1S/C19H26N4O3/c1-26-13-19(25)20-11-17-22-15-9-5-6-10-16(15)23(17)12-18(24)21-14-7-3-2-4-8-14/h5-6,9-10,14H,2-4,7-8,11-13H2,1H3,(H,20,25)(H,21,24). The van der Waals surface area contributed by atoms with Crippen LogP contribution in [0, 0.1) is 0 Å². The number of imidazole rings is 1. The number of fused-ring (bicyclic) bond motifs is 1. The number of carbonyl (C=O) groups excluding carboxylic acids is 2. The van der Waals surface area contributed by atoms with E-state index in [2.05, 4.69) is 15.6 Å². The zero-order valence-corrected chi connectivity index (χ0v) is 15.2. The van der Waals surface area contributed by atoms with Crippen molar-refractivity contribution in [3.05, 3.63) is 30.1 Å². The van der Waals surface area contributed by atoms with Crippen molar-refractivity contribution in [3.8, 4) is 0 Å². The van der Waals surface area contributed by atoms with Crippen LogP contribution in [0.4, 0.5) is 0 Å². The van der Waals surface area contributed by atoms with E-state index in [1.807, 2.05) is 28.8 Å². The summed E-state index contributed by atoms with van der Waals surface area (Å²) < 4.78 is 6.70. The van der Waals surface area contributed by atoms with Crippen molar-refractivity contribution in [3.63, 3.8) is 0 Å². The number of benzene rings is 1. The first-order valence-electron chi connectivity index (χ1n) is 9.16. The average Bonchev–Trinajstić information content (AvgIpc) is 2.99. The van der Waals surface area contributed by atoms with Gasteiger partial charge in [-0.1, -0.05) is 31.4 Å². The Labute approximate surface area is 153 Å². The summed E-state index contributed by atoms with van der Waals surface area (Å²) in [5.41, 5.74) is 1.70. The lowest BCUT2D eigenvalue weighted by molar-refractivity contribution is -0.125. The van der Waals surface area contributed by atoms with Crippen molar-refractivity contribution in [2.24, 2.45) is 0 Å². The zero-order valence-electron chi connectivity index (χ0n) is 15.2. The maximum Gasteiger partial charge on any atom is 0.246 e. The van der Waals surface area contributed by atoms with Crippen LogP contribution in [0.15, 0.2) is 24.3 Å². The van der Waals surface area contributed by atoms with Crippen LogP contribution in [0.3, 0.4) is 0 Å². The van der Waals surface area contributed by atoms with Gasteiger partial charge in [0, 0.05) is 13.2 Å². The number of aromatic nitrogens is 2. The summed E-state index contributed by atoms with van der Waals surface area (Å²) in [7, 11) is 1.48. The Kier molecular flexibility index (Phi) is 6.22. The molecule has 1 fully saturated rings. The summed E-state index contributed by atoms with van der Waals surface area (Å²) in [4.78, 5) is 28.8. The van der Waals surface area contributed by atoms with Crippen molar-refractivity contribution >= 4 is 22.8 Å². The van der Waals surface area contributed by atoms with Crippen LogP contribution in [-0.4, -0.2) is 41.1 Å². The highest BCUT2D eigenvalue weighted by Gasteiger charge is 2.18. The number of rotatable bonds is 7. The van der Waals surface area contributed by atoms with Crippen LogP contribution in [0.1, 0.15) is 37.9 Å². The van der Waals surface area contributed by atoms with Gasteiger partial charge in [-0.2, -0.15) is 0 Å². The third-order valence-corrected chi connectivity index (χ3v) is 4.72. The number of hydrogen-bond acceptors (Lipinski definition) is 4. The van der Waals surface area contributed by atoms with Crippen molar-refractivity contribution in [2.75, 3.05) is 13.7 Å². The highest BCUT2D eigenvalue weighted by atomic mass is 16.5. The molecule has 0 saturated heterocycles. The molecule has 0 radical (unpaired) electrons. The van der Waals surface area contributed by atoms with Gasteiger partial charge in [0.05, 0.1) is 17.6 Å². The third-order valence-electron chi connectivity index (χ3n) is 4.72. The first-order chi connectivity index (χ1) is 12.7. The molecular weight excluding hydrogens is 332 g/mol. The van der Waals surface area contributed by atoms with Crippen molar-refractivity contribution < 1.29 is 14.3 Å². The van der Waals surface area contributed by atoms with Gasteiger partial charge in [-0.15, -0.1) is 0 Å². The normalized spacial score (nSPS) is 15.1. The first kappa shape index (κ1) is 18.4. The molecule has 7 nitrogen and oxygen atoms in total. The number of para-hydroxylation sites is 2. The topological polar surface area (TPSA) is 85.2 Å². The smallest absolute Gasteiger partial charge is 0.246 e. The minimum Gasteiger partial charge on any atom is -0.375 e. The van der Waals surface area contributed by atoms with Gasteiger partial charge in [-0.25, -0.2) is 4.98 Å². The Morgan fingerprint density at radius 2 is 1.96 bits per heavy atom. The van der Waals surface area contributed by atoms with Gasteiger partial charge in [-0.3, -0.25) is 9.59 Å². The monoisotopic (exact) mass is 358 g/mol. The molecule has 3 rings (SSSR count). The second-order valence-electron chi connectivity index (χ2n) is 6.72. The lowest BCUT2D eigenvalue weighted by Gasteiger charge is -2.23. The summed E-state index contributed by atoms with van der Waals surface area (Å²) in [5.74, 6) is 0.441. The fraction of sp³-hybridized carbons (Fsp3) is 0.526. The summed E-state index contributed by atoms with van der Waals surface area (Å²) >= 11 is 0. The number of amides is 2. The predicted molar refractivity (Wildman–Crippen MR) is 98.5 cm³/mol. The Morgan fingerprint density at radius 3 is 2.73 bits per heavy atom. The number of carbonyl (C=O) groups is 2. The molecular formula is C19H26N4O3. The number of hydrogen-bond donors (Lipinski definition) is 2. The molecule has 0 aliphatic heterocycles. The minimum atomic E-state index is -0.210. The second-order valence-corrected chi connectivity index (χ2v) is 6.72. The number of nitrogens with zero attached hydrogens (tertiary/aromatic N) is 2. The van der Waals surface area contributed by atoms with E-state index in [1.54, 1.807) is 0 Å². The lowest BCUT2D eigenvalue weighted by Crippen LogP contribution is -2.38. The van der Waals surface area contributed by atoms with Gasteiger partial charge < -0.3 is 19.9 Å². The predicted octanol–water partition coefficient (Wildman–Crippen LogP) is 1.75. The molecule has 1 aliphatic rings. The van der Waals surface area contributed by atoms with E-state index >= 15 is 0 Å². The van der Waals surface area contributed by atoms with Gasteiger partial charge in [0.1, 0.15) is 19.0 Å². The number of nitrogens with one attached hydrogen (secondary N) is 2. The molecule has 0 unspecified atom stereocenters. The first-order valence-corrected chi connectivity index (χ1v) is 9.16. The summed E-state index contributed by atoms with van der Waals surface area (Å²) in [6.45, 7) is 0.461. The van der Waals surface area contributed by atoms with Crippen LogP contribution in [0.5, 0.6) is 0 Å². The molecule has 7 heteroatoms. The summed E-state index contributed by atoms with van der Waals surface area (Å²) in [6, 6.07) is 7.96. The molecule has 2 aromatic rings. The maximum atomic E-state index is 12.5. The SMILES string of the molecule is COCC(=O)NCc1nc2ccccc2n1CC(=O)NC1CCCCC1. The van der Waals surface area contributed by atoms with Crippen LogP contribution in [-0.2, 0) is 27.4 Å². The Morgan fingerprint density at radius 1 is 1.19 bits per heavy atom. The van der Waals surface area contributed by atoms with Gasteiger partial charge >= 0.3 is 0 Å². The van der Waals surface area contributed by atoms with Gasteiger partial charge in [-0.05, 0) is 25.0 Å². The van der Waals surface area contributed by atoms with E-state index < -0.39 is 0 Å². The Balaban J connectivity index is 1.73. The van der Waals surface area contributed by atoms with E-state index in [0.717, 1.165) is 23.9 Å². The fourth-order valence-electron chi connectivity index (χ4n) is 3.46. The van der Waals surface area contributed by atoms with Crippen molar-refractivity contribution in [2.45, 2.75) is 51.2 Å². The van der Waals surface area contributed by atoms with Crippen LogP contribution in [0.2, 0.25) is 0 Å². The lowest BCUT2D eigenvalue weighted by atomic mass is 9.95. The molecule has 2 amide bonds. The average molecular weight is 358 g/mol. The molecule has 0 atom stereocenters. The molecule has 1 saturated carbocycles. The van der Waals surface area contributed by atoms with Gasteiger partial charge in [0.25, 0.3) is 0 Å². The Bertz CT molecular complexity index is 765. The highest BCUT2D eigenvalue weighted by Crippen LogP contribution is 2.18. The molecule has 26 heavy (non-hydrogen) atoms. The molecule has 1 aliphatic carbocycles. The van der Waals surface area contributed by atoms with Gasteiger partial charge in [0.2, 0.25) is 11.8 Å². The molecule has 1 aromatic heterocycles. The number of methoxy groups -OCH3 is 1. The van der Waals surface area contributed by atoms with E-state index in [0.29, 0.717) is 5.82 Å². The minimum absolute atomic E-state index is 0.00238. The van der Waals surface area contributed by atoms with Crippen LogP contribution >= 0.6 is 0 Å². The van der Waals surface area contributed by atoms with Crippen molar-refractivity contribution in [1.82, 2.24) is 20.2 Å². The van der Waals surface area contributed by atoms with Crippen LogP contribution in [0.25, 0.3) is 11.0 Å². The molecule has 0 bridgehead atoms. The van der Waals surface area contributed by atoms with E-state index in [-0.39, 0.29) is 37.6 Å². The van der Waals surface area contributed by atoms with Gasteiger partial charge in [0.15, 0.2) is 0 Å².